The lowest BCUT2D eigenvalue weighted by molar-refractivity contribution is 0.271. The maximum atomic E-state index is 9.08. The summed E-state index contributed by atoms with van der Waals surface area (Å²) in [5, 5.41) is 9.90. The lowest BCUT2D eigenvalue weighted by Crippen LogP contribution is -1.97. The van der Waals surface area contributed by atoms with Crippen molar-refractivity contribution in [3.05, 3.63) is 30.2 Å². The summed E-state index contributed by atoms with van der Waals surface area (Å²) in [4.78, 5) is 9.28. The van der Waals surface area contributed by atoms with Gasteiger partial charge in [0, 0.05) is 24.2 Å². The molecule has 0 aliphatic carbocycles. The molecule has 2 heterocycles. The number of methoxy groups -OCH3 is 1. The quantitative estimate of drug-likeness (QED) is 0.891. The summed E-state index contributed by atoms with van der Waals surface area (Å²) >= 11 is 1.50. The van der Waals surface area contributed by atoms with Crippen LogP contribution < -0.4 is 4.74 Å². The van der Waals surface area contributed by atoms with Crippen LogP contribution in [0.15, 0.2) is 34.6 Å². The molecule has 0 atom stereocenters. The van der Waals surface area contributed by atoms with Gasteiger partial charge in [0.15, 0.2) is 5.16 Å². The standard InChI is InChI=1S/C11H13N3O2S/c1-14-8(7-15)6-13-11(14)17-9-3-4-12-10(5-9)16-2/h3-6,15H,7H2,1-2H3. The van der Waals surface area contributed by atoms with E-state index in [1.165, 1.54) is 11.8 Å². The van der Waals surface area contributed by atoms with E-state index in [9.17, 15) is 0 Å². The highest BCUT2D eigenvalue weighted by molar-refractivity contribution is 7.99. The zero-order valence-electron chi connectivity index (χ0n) is 9.62. The van der Waals surface area contributed by atoms with Crippen LogP contribution in [0.2, 0.25) is 0 Å². The van der Waals surface area contributed by atoms with Crippen LogP contribution >= 0.6 is 11.8 Å². The normalized spacial score (nSPS) is 10.5. The molecule has 2 rings (SSSR count). The van der Waals surface area contributed by atoms with E-state index >= 15 is 0 Å². The third-order valence-electron chi connectivity index (χ3n) is 2.33. The Hall–Kier alpha value is -1.53. The second-order valence-corrected chi connectivity index (χ2v) is 4.43. The largest absolute Gasteiger partial charge is 0.481 e. The van der Waals surface area contributed by atoms with E-state index in [4.69, 9.17) is 9.84 Å². The molecular formula is C11H13N3O2S. The molecule has 0 saturated heterocycles. The fourth-order valence-electron chi connectivity index (χ4n) is 1.34. The second kappa shape index (κ2) is 5.20. The minimum atomic E-state index is -0.0102. The van der Waals surface area contributed by atoms with Gasteiger partial charge in [0.2, 0.25) is 5.88 Å². The number of rotatable bonds is 4. The van der Waals surface area contributed by atoms with E-state index in [0.717, 1.165) is 15.7 Å². The van der Waals surface area contributed by atoms with Gasteiger partial charge < -0.3 is 14.4 Å². The summed E-state index contributed by atoms with van der Waals surface area (Å²) in [5.74, 6) is 0.576. The molecule has 0 bridgehead atoms. The Kier molecular flexibility index (Phi) is 3.65. The number of nitrogens with zero attached hydrogens (tertiary/aromatic N) is 3. The fourth-order valence-corrected chi connectivity index (χ4v) is 2.20. The summed E-state index contributed by atoms with van der Waals surface area (Å²) in [6.07, 6.45) is 3.36. The van der Waals surface area contributed by atoms with Gasteiger partial charge in [-0.15, -0.1) is 0 Å². The van der Waals surface area contributed by atoms with E-state index in [1.54, 1.807) is 19.5 Å². The summed E-state index contributed by atoms with van der Waals surface area (Å²) < 4.78 is 6.92. The van der Waals surface area contributed by atoms with Crippen molar-refractivity contribution in [1.82, 2.24) is 14.5 Å². The van der Waals surface area contributed by atoms with Crippen LogP contribution in [0.5, 0.6) is 5.88 Å². The van der Waals surface area contributed by atoms with E-state index in [0.29, 0.717) is 5.88 Å². The van der Waals surface area contributed by atoms with Crippen LogP contribution in [-0.2, 0) is 13.7 Å². The van der Waals surface area contributed by atoms with Crippen LogP contribution in [0, 0.1) is 0 Å². The van der Waals surface area contributed by atoms with E-state index in [1.807, 2.05) is 23.7 Å². The van der Waals surface area contributed by atoms with Gasteiger partial charge in [-0.05, 0) is 6.07 Å². The molecule has 5 nitrogen and oxygen atoms in total. The van der Waals surface area contributed by atoms with Crippen LogP contribution in [0.4, 0.5) is 0 Å². The van der Waals surface area contributed by atoms with Gasteiger partial charge in [0.1, 0.15) is 0 Å². The number of hydrogen-bond acceptors (Lipinski definition) is 5. The predicted molar refractivity (Wildman–Crippen MR) is 64.0 cm³/mol. The Morgan fingerprint density at radius 1 is 1.47 bits per heavy atom. The van der Waals surface area contributed by atoms with Crippen molar-refractivity contribution in [2.75, 3.05) is 7.11 Å². The van der Waals surface area contributed by atoms with Gasteiger partial charge >= 0.3 is 0 Å². The van der Waals surface area contributed by atoms with Crippen molar-refractivity contribution in [3.8, 4) is 5.88 Å². The third-order valence-corrected chi connectivity index (χ3v) is 3.38. The number of pyridine rings is 1. The van der Waals surface area contributed by atoms with Gasteiger partial charge in [-0.2, -0.15) is 0 Å². The lowest BCUT2D eigenvalue weighted by Gasteiger charge is -2.04. The van der Waals surface area contributed by atoms with Crippen molar-refractivity contribution >= 4 is 11.8 Å². The van der Waals surface area contributed by atoms with E-state index in [-0.39, 0.29) is 6.61 Å². The highest BCUT2D eigenvalue weighted by Crippen LogP contribution is 2.28. The molecule has 17 heavy (non-hydrogen) atoms. The van der Waals surface area contributed by atoms with Crippen LogP contribution in [0.3, 0.4) is 0 Å². The molecule has 0 aromatic carbocycles. The molecule has 0 unspecified atom stereocenters. The molecule has 2 aromatic heterocycles. The maximum absolute atomic E-state index is 9.08. The highest BCUT2D eigenvalue weighted by Gasteiger charge is 2.08. The Labute approximate surface area is 103 Å². The van der Waals surface area contributed by atoms with Crippen LogP contribution in [0.1, 0.15) is 5.69 Å². The summed E-state index contributed by atoms with van der Waals surface area (Å²) in [5.41, 5.74) is 0.786. The van der Waals surface area contributed by atoms with Crippen LogP contribution in [0.25, 0.3) is 0 Å². The topological polar surface area (TPSA) is 60.2 Å². The van der Waals surface area contributed by atoms with Crippen molar-refractivity contribution in [2.24, 2.45) is 7.05 Å². The number of aliphatic hydroxyl groups excluding tert-OH is 1. The predicted octanol–water partition coefficient (Wildman–Crippen LogP) is 1.47. The summed E-state index contributed by atoms with van der Waals surface area (Å²) in [6.45, 7) is -0.0102. The fraction of sp³-hybridized carbons (Fsp3) is 0.273. The van der Waals surface area contributed by atoms with Gasteiger partial charge in [-0.1, -0.05) is 11.8 Å². The molecular weight excluding hydrogens is 238 g/mol. The average molecular weight is 251 g/mol. The zero-order chi connectivity index (χ0) is 12.3. The Balaban J connectivity index is 2.22. The first-order valence-electron chi connectivity index (χ1n) is 5.04. The molecule has 2 aromatic rings. The molecule has 0 aliphatic heterocycles. The summed E-state index contributed by atoms with van der Waals surface area (Å²) in [7, 11) is 3.46. The molecule has 0 saturated carbocycles. The van der Waals surface area contributed by atoms with Gasteiger partial charge in [-0.25, -0.2) is 9.97 Å². The third kappa shape index (κ3) is 2.59. The maximum Gasteiger partial charge on any atom is 0.214 e. The van der Waals surface area contributed by atoms with Gasteiger partial charge in [0.25, 0.3) is 0 Å². The Bertz CT molecular complexity index is 513. The lowest BCUT2D eigenvalue weighted by atomic mass is 10.5. The Morgan fingerprint density at radius 2 is 2.29 bits per heavy atom. The monoisotopic (exact) mass is 251 g/mol. The minimum absolute atomic E-state index is 0.0102. The molecule has 0 spiro atoms. The zero-order valence-corrected chi connectivity index (χ0v) is 10.4. The molecule has 1 N–H and O–H groups in total. The number of hydrogen-bond donors (Lipinski definition) is 1. The van der Waals surface area contributed by atoms with Crippen molar-refractivity contribution in [1.29, 1.82) is 0 Å². The van der Waals surface area contributed by atoms with Crippen LogP contribution in [-0.4, -0.2) is 26.8 Å². The first kappa shape index (κ1) is 11.9. The molecule has 0 amide bonds. The number of ether oxygens (including phenoxy) is 1. The average Bonchev–Trinajstić information content (AvgIpc) is 2.71. The smallest absolute Gasteiger partial charge is 0.214 e. The number of aromatic nitrogens is 3. The SMILES string of the molecule is COc1cc(Sc2ncc(CO)n2C)ccn1. The van der Waals surface area contributed by atoms with E-state index < -0.39 is 0 Å². The minimum Gasteiger partial charge on any atom is -0.481 e. The molecule has 6 heteroatoms. The molecule has 0 fully saturated rings. The number of imidazole rings is 1. The number of aliphatic hydroxyl groups is 1. The molecule has 0 radical (unpaired) electrons. The first-order valence-corrected chi connectivity index (χ1v) is 5.85. The first-order chi connectivity index (χ1) is 8.24. The molecule has 0 aliphatic rings. The van der Waals surface area contributed by atoms with Crippen molar-refractivity contribution in [3.63, 3.8) is 0 Å². The molecule has 90 valence electrons. The van der Waals surface area contributed by atoms with Gasteiger partial charge in [0.05, 0.1) is 25.6 Å². The van der Waals surface area contributed by atoms with Gasteiger partial charge in [-0.3, -0.25) is 0 Å². The highest BCUT2D eigenvalue weighted by atomic mass is 32.2. The van der Waals surface area contributed by atoms with Crippen molar-refractivity contribution in [2.45, 2.75) is 16.7 Å². The summed E-state index contributed by atoms with van der Waals surface area (Å²) in [6, 6.07) is 3.73. The van der Waals surface area contributed by atoms with E-state index in [2.05, 4.69) is 9.97 Å². The second-order valence-electron chi connectivity index (χ2n) is 3.39. The Morgan fingerprint density at radius 3 is 2.94 bits per heavy atom. The van der Waals surface area contributed by atoms with Crippen molar-refractivity contribution < 1.29 is 9.84 Å².